The third kappa shape index (κ3) is 3.89. The van der Waals surface area contributed by atoms with Gasteiger partial charge in [0.2, 0.25) is 0 Å². The molecule has 0 spiro atoms. The normalized spacial score (nSPS) is 15.4. The van der Waals surface area contributed by atoms with Gasteiger partial charge >= 0.3 is 0 Å². The molecule has 2 nitrogen and oxygen atoms in total. The van der Waals surface area contributed by atoms with Crippen LogP contribution in [0.25, 0.3) is 0 Å². The van der Waals surface area contributed by atoms with Crippen LogP contribution in [0, 0.1) is 16.7 Å². The lowest BCUT2D eigenvalue weighted by Crippen LogP contribution is -2.38. The molecule has 0 radical (unpaired) electrons. The Balaban J connectivity index is 4.25. The van der Waals surface area contributed by atoms with Gasteiger partial charge in [-0.3, -0.25) is 0 Å². The topological polar surface area (TPSA) is 33.0 Å². The Morgan fingerprint density at radius 2 is 1.75 bits per heavy atom. The number of hydrogen-bond donors (Lipinski definition) is 0. The van der Waals surface area contributed by atoms with Gasteiger partial charge in [0, 0.05) is 0 Å². The summed E-state index contributed by atoms with van der Waals surface area (Å²) in [4.78, 5) is 0. The number of rotatable bonds is 3. The fourth-order valence-electron chi connectivity index (χ4n) is 0.769. The van der Waals surface area contributed by atoms with E-state index in [0.717, 1.165) is 0 Å². The van der Waals surface area contributed by atoms with Crippen LogP contribution in [-0.2, 0) is 4.43 Å². The minimum absolute atomic E-state index is 0.0224. The molecule has 0 aliphatic heterocycles. The molecule has 0 aromatic rings. The van der Waals surface area contributed by atoms with E-state index in [1.165, 1.54) is 0 Å². The predicted octanol–water partition coefficient (Wildman–Crippen LogP) is 2.78. The van der Waals surface area contributed by atoms with Gasteiger partial charge in [0.15, 0.2) is 8.32 Å². The van der Waals surface area contributed by atoms with Crippen molar-refractivity contribution in [3.05, 3.63) is 0 Å². The molecule has 0 aromatic heterocycles. The van der Waals surface area contributed by atoms with Crippen molar-refractivity contribution in [2.75, 3.05) is 0 Å². The van der Waals surface area contributed by atoms with E-state index in [2.05, 4.69) is 25.7 Å². The first-order valence-corrected chi connectivity index (χ1v) is 7.69. The van der Waals surface area contributed by atoms with E-state index in [0.29, 0.717) is 0 Å². The molecule has 0 rings (SSSR count). The van der Waals surface area contributed by atoms with Crippen LogP contribution < -0.4 is 0 Å². The van der Waals surface area contributed by atoms with Crippen molar-refractivity contribution >= 4 is 8.32 Å². The fourth-order valence-corrected chi connectivity index (χ4v) is 2.12. The average molecular weight is 185 g/mol. The Morgan fingerprint density at radius 3 is 2.00 bits per heavy atom. The van der Waals surface area contributed by atoms with Gasteiger partial charge in [-0.1, -0.05) is 0 Å². The van der Waals surface area contributed by atoms with Crippen LogP contribution in [0.2, 0.25) is 19.6 Å². The highest BCUT2D eigenvalue weighted by Gasteiger charge is 2.30. The summed E-state index contributed by atoms with van der Waals surface area (Å²) in [6, 6.07) is 2.26. The molecule has 0 heterocycles. The Morgan fingerprint density at radius 1 is 1.33 bits per heavy atom. The lowest BCUT2D eigenvalue weighted by Gasteiger charge is -2.30. The van der Waals surface area contributed by atoms with Crippen LogP contribution in [0.1, 0.15) is 20.8 Å². The van der Waals surface area contributed by atoms with E-state index in [9.17, 15) is 0 Å². The van der Waals surface area contributed by atoms with Crippen molar-refractivity contribution in [3.63, 3.8) is 0 Å². The summed E-state index contributed by atoms with van der Waals surface area (Å²) in [6.45, 7) is 12.2. The van der Waals surface area contributed by atoms with Gasteiger partial charge in [-0.2, -0.15) is 5.26 Å². The largest absolute Gasteiger partial charge is 0.413 e. The van der Waals surface area contributed by atoms with Gasteiger partial charge in [-0.15, -0.1) is 0 Å². The summed E-state index contributed by atoms with van der Waals surface area (Å²) in [5.41, 5.74) is -0.375. The lowest BCUT2D eigenvalue weighted by molar-refractivity contribution is 0.122. The first-order chi connectivity index (χ1) is 5.19. The average Bonchev–Trinajstić information content (AvgIpc) is 1.84. The maximum absolute atomic E-state index is 8.85. The Bertz CT molecular complexity index is 188. The summed E-state index contributed by atoms with van der Waals surface area (Å²) < 4.78 is 5.81. The minimum atomic E-state index is -1.50. The van der Waals surface area contributed by atoms with E-state index in [1.807, 2.05) is 20.8 Å². The van der Waals surface area contributed by atoms with Gasteiger partial charge < -0.3 is 4.43 Å². The monoisotopic (exact) mass is 185 g/mol. The van der Waals surface area contributed by atoms with Gasteiger partial charge in [0.05, 0.1) is 17.6 Å². The maximum Gasteiger partial charge on any atom is 0.184 e. The zero-order valence-electron chi connectivity index (χ0n) is 8.93. The van der Waals surface area contributed by atoms with Crippen LogP contribution >= 0.6 is 0 Å². The molecule has 0 amide bonds. The van der Waals surface area contributed by atoms with E-state index < -0.39 is 8.32 Å². The summed E-state index contributed by atoms with van der Waals surface area (Å²) in [5.74, 6) is 0. The highest BCUT2D eigenvalue weighted by Crippen LogP contribution is 2.24. The number of nitrogens with zero attached hydrogens (tertiary/aromatic N) is 1. The molecule has 0 aromatic carbocycles. The highest BCUT2D eigenvalue weighted by atomic mass is 28.4. The SMILES string of the molecule is C[C@H](O[Si](C)(C)C)C(C)(C)C#N. The Hall–Kier alpha value is -0.333. The molecule has 12 heavy (non-hydrogen) atoms. The molecule has 0 unspecified atom stereocenters. The molecule has 3 heteroatoms. The molecule has 0 aliphatic carbocycles. The van der Waals surface area contributed by atoms with E-state index >= 15 is 0 Å². The Kier molecular flexibility index (Phi) is 3.49. The summed E-state index contributed by atoms with van der Waals surface area (Å²) in [7, 11) is -1.50. The molecule has 0 bridgehead atoms. The molecular formula is C9H19NOSi. The van der Waals surface area contributed by atoms with Crippen LogP contribution in [0.3, 0.4) is 0 Å². The van der Waals surface area contributed by atoms with E-state index in [1.54, 1.807) is 0 Å². The second-order valence-corrected chi connectivity index (χ2v) is 9.17. The zero-order valence-corrected chi connectivity index (χ0v) is 9.93. The lowest BCUT2D eigenvalue weighted by atomic mass is 9.90. The molecule has 0 aliphatic rings. The number of hydrogen-bond acceptors (Lipinski definition) is 2. The molecular weight excluding hydrogens is 166 g/mol. The van der Waals surface area contributed by atoms with Gasteiger partial charge in [-0.25, -0.2) is 0 Å². The quantitative estimate of drug-likeness (QED) is 0.633. The zero-order chi connectivity index (χ0) is 9.99. The van der Waals surface area contributed by atoms with Crippen molar-refractivity contribution in [1.29, 1.82) is 5.26 Å². The van der Waals surface area contributed by atoms with Crippen LogP contribution in [0.4, 0.5) is 0 Å². The van der Waals surface area contributed by atoms with Crippen molar-refractivity contribution in [2.24, 2.45) is 5.41 Å². The van der Waals surface area contributed by atoms with Crippen molar-refractivity contribution in [2.45, 2.75) is 46.5 Å². The first-order valence-electron chi connectivity index (χ1n) is 4.28. The number of nitriles is 1. The molecule has 0 saturated heterocycles. The first kappa shape index (κ1) is 11.7. The summed E-state index contributed by atoms with van der Waals surface area (Å²) >= 11 is 0. The van der Waals surface area contributed by atoms with Crippen molar-refractivity contribution in [3.8, 4) is 6.07 Å². The third-order valence-electron chi connectivity index (χ3n) is 1.83. The molecule has 1 atom stereocenters. The smallest absolute Gasteiger partial charge is 0.184 e. The van der Waals surface area contributed by atoms with Crippen molar-refractivity contribution < 1.29 is 4.43 Å². The van der Waals surface area contributed by atoms with Gasteiger partial charge in [0.1, 0.15) is 0 Å². The molecule has 0 saturated carbocycles. The summed E-state index contributed by atoms with van der Waals surface area (Å²) in [6.07, 6.45) is 0.0224. The Labute approximate surface area is 76.7 Å². The van der Waals surface area contributed by atoms with E-state index in [4.69, 9.17) is 9.69 Å². The van der Waals surface area contributed by atoms with Crippen molar-refractivity contribution in [1.82, 2.24) is 0 Å². The second-order valence-electron chi connectivity index (χ2n) is 4.71. The molecule has 70 valence electrons. The fraction of sp³-hybridized carbons (Fsp3) is 0.889. The van der Waals surface area contributed by atoms with Gasteiger partial charge in [-0.05, 0) is 40.4 Å². The van der Waals surface area contributed by atoms with Gasteiger partial charge in [0.25, 0.3) is 0 Å². The molecule has 0 N–H and O–H groups in total. The molecule has 0 fully saturated rings. The minimum Gasteiger partial charge on any atom is -0.413 e. The van der Waals surface area contributed by atoms with Crippen LogP contribution in [-0.4, -0.2) is 14.4 Å². The summed E-state index contributed by atoms with van der Waals surface area (Å²) in [5, 5.41) is 8.85. The second kappa shape index (κ2) is 3.59. The van der Waals surface area contributed by atoms with Crippen LogP contribution in [0.15, 0.2) is 0 Å². The van der Waals surface area contributed by atoms with E-state index in [-0.39, 0.29) is 11.5 Å². The highest BCUT2D eigenvalue weighted by molar-refractivity contribution is 6.69. The predicted molar refractivity (Wildman–Crippen MR) is 53.3 cm³/mol. The van der Waals surface area contributed by atoms with Crippen LogP contribution in [0.5, 0.6) is 0 Å². The maximum atomic E-state index is 8.85. The third-order valence-corrected chi connectivity index (χ3v) is 2.90. The standard InChI is InChI=1S/C9H19NOSi/c1-8(9(2,3)7-10)11-12(4,5)6/h8H,1-6H3/t8-/m0/s1.